The normalized spacial score (nSPS) is 14.3. The van der Waals surface area contributed by atoms with Gasteiger partial charge in [-0.3, -0.25) is 4.79 Å². The van der Waals surface area contributed by atoms with Gasteiger partial charge in [0.05, 0.1) is 41.9 Å². The highest BCUT2D eigenvalue weighted by Crippen LogP contribution is 2.26. The second-order valence-corrected chi connectivity index (χ2v) is 6.99. The monoisotopic (exact) mass is 384 g/mol. The van der Waals surface area contributed by atoms with Crippen LogP contribution >= 0.6 is 0 Å². The van der Waals surface area contributed by atoms with E-state index in [2.05, 4.69) is 5.10 Å². The SMILES string of the molecule is O=C(c1cc(-c2cnn(-c3ccccc3)c2)nc2ccccc12)N1CCOCC1. The fourth-order valence-corrected chi connectivity index (χ4v) is 3.61. The van der Waals surface area contributed by atoms with Crippen LogP contribution in [0.3, 0.4) is 0 Å². The summed E-state index contributed by atoms with van der Waals surface area (Å²) >= 11 is 0. The first-order valence-electron chi connectivity index (χ1n) is 9.67. The number of benzene rings is 2. The molecule has 0 radical (unpaired) electrons. The molecule has 0 aliphatic carbocycles. The molecule has 4 aromatic rings. The average molecular weight is 384 g/mol. The van der Waals surface area contributed by atoms with E-state index in [1.54, 1.807) is 6.20 Å². The third-order valence-electron chi connectivity index (χ3n) is 5.14. The van der Waals surface area contributed by atoms with Crippen molar-refractivity contribution in [3.63, 3.8) is 0 Å². The fourth-order valence-electron chi connectivity index (χ4n) is 3.61. The summed E-state index contributed by atoms with van der Waals surface area (Å²) in [4.78, 5) is 19.9. The van der Waals surface area contributed by atoms with Crippen LogP contribution in [0.2, 0.25) is 0 Å². The molecule has 144 valence electrons. The lowest BCUT2D eigenvalue weighted by molar-refractivity contribution is 0.0304. The van der Waals surface area contributed by atoms with Crippen LogP contribution < -0.4 is 0 Å². The number of amides is 1. The third-order valence-corrected chi connectivity index (χ3v) is 5.14. The highest BCUT2D eigenvalue weighted by molar-refractivity contribution is 6.07. The van der Waals surface area contributed by atoms with Crippen molar-refractivity contribution >= 4 is 16.8 Å². The molecule has 6 heteroatoms. The predicted octanol–water partition coefficient (Wildman–Crippen LogP) is 3.56. The van der Waals surface area contributed by atoms with Crippen LogP contribution in [0.1, 0.15) is 10.4 Å². The molecule has 0 N–H and O–H groups in total. The Hall–Kier alpha value is -3.51. The van der Waals surface area contributed by atoms with E-state index in [1.807, 2.05) is 76.4 Å². The van der Waals surface area contributed by atoms with Crippen LogP contribution in [0.5, 0.6) is 0 Å². The number of para-hydroxylation sites is 2. The Balaban J connectivity index is 1.58. The zero-order valence-electron chi connectivity index (χ0n) is 15.9. The Kier molecular flexibility index (Phi) is 4.54. The minimum absolute atomic E-state index is 0.0172. The lowest BCUT2D eigenvalue weighted by Gasteiger charge is -2.27. The smallest absolute Gasteiger partial charge is 0.254 e. The molecule has 0 spiro atoms. The Morgan fingerprint density at radius 3 is 2.55 bits per heavy atom. The van der Waals surface area contributed by atoms with E-state index in [1.165, 1.54) is 0 Å². The van der Waals surface area contributed by atoms with Gasteiger partial charge in [0.2, 0.25) is 0 Å². The lowest BCUT2D eigenvalue weighted by Crippen LogP contribution is -2.40. The van der Waals surface area contributed by atoms with Crippen molar-refractivity contribution in [1.82, 2.24) is 19.7 Å². The fraction of sp³-hybridized carbons (Fsp3) is 0.174. The average Bonchev–Trinajstić information content (AvgIpc) is 3.29. The van der Waals surface area contributed by atoms with E-state index >= 15 is 0 Å². The van der Waals surface area contributed by atoms with Crippen molar-refractivity contribution < 1.29 is 9.53 Å². The van der Waals surface area contributed by atoms with E-state index in [0.717, 1.165) is 27.8 Å². The first-order valence-corrected chi connectivity index (χ1v) is 9.67. The number of nitrogens with zero attached hydrogens (tertiary/aromatic N) is 4. The van der Waals surface area contributed by atoms with E-state index < -0.39 is 0 Å². The van der Waals surface area contributed by atoms with Crippen LogP contribution in [0.15, 0.2) is 73.1 Å². The third kappa shape index (κ3) is 3.39. The number of carbonyl (C=O) groups is 1. The Labute approximate surface area is 168 Å². The number of fused-ring (bicyclic) bond motifs is 1. The number of morpholine rings is 1. The molecule has 2 aromatic heterocycles. The summed E-state index contributed by atoms with van der Waals surface area (Å²) in [6, 6.07) is 19.6. The maximum absolute atomic E-state index is 13.2. The van der Waals surface area contributed by atoms with Crippen molar-refractivity contribution in [3.8, 4) is 16.9 Å². The van der Waals surface area contributed by atoms with Gasteiger partial charge in [-0.2, -0.15) is 5.10 Å². The standard InChI is InChI=1S/C23H20N4O2/c28-23(26-10-12-29-13-11-26)20-14-22(25-21-9-5-4-8-19(20)21)17-15-24-27(16-17)18-6-2-1-3-7-18/h1-9,14-16H,10-13H2. The zero-order chi connectivity index (χ0) is 19.6. The topological polar surface area (TPSA) is 60.2 Å². The van der Waals surface area contributed by atoms with Gasteiger partial charge in [-0.15, -0.1) is 0 Å². The van der Waals surface area contributed by atoms with Gasteiger partial charge < -0.3 is 9.64 Å². The van der Waals surface area contributed by atoms with Crippen LogP contribution in [-0.4, -0.2) is 51.9 Å². The molecule has 0 atom stereocenters. The lowest BCUT2D eigenvalue weighted by atomic mass is 10.0. The molecule has 1 fully saturated rings. The Morgan fingerprint density at radius 2 is 1.72 bits per heavy atom. The van der Waals surface area contributed by atoms with Crippen molar-refractivity contribution in [2.75, 3.05) is 26.3 Å². The first kappa shape index (κ1) is 17.6. The summed E-state index contributed by atoms with van der Waals surface area (Å²) < 4.78 is 7.21. The van der Waals surface area contributed by atoms with Crippen LogP contribution in [0.4, 0.5) is 0 Å². The van der Waals surface area contributed by atoms with Gasteiger partial charge in [-0.25, -0.2) is 9.67 Å². The number of pyridine rings is 1. The summed E-state index contributed by atoms with van der Waals surface area (Å²) in [5.41, 5.74) is 4.05. The molecule has 1 aliphatic rings. The molecule has 0 unspecified atom stereocenters. The van der Waals surface area contributed by atoms with Gasteiger partial charge in [-0.05, 0) is 24.3 Å². The Bertz CT molecular complexity index is 1160. The highest BCUT2D eigenvalue weighted by atomic mass is 16.5. The molecule has 1 amide bonds. The van der Waals surface area contributed by atoms with Gasteiger partial charge in [0.1, 0.15) is 0 Å². The van der Waals surface area contributed by atoms with Crippen LogP contribution in [0, 0.1) is 0 Å². The molecule has 3 heterocycles. The summed E-state index contributed by atoms with van der Waals surface area (Å²) in [6.45, 7) is 2.37. The van der Waals surface area contributed by atoms with Crippen molar-refractivity contribution in [3.05, 3.63) is 78.6 Å². The summed E-state index contributed by atoms with van der Waals surface area (Å²) in [7, 11) is 0. The van der Waals surface area contributed by atoms with Crippen LogP contribution in [-0.2, 0) is 4.74 Å². The first-order chi connectivity index (χ1) is 14.3. The van der Waals surface area contributed by atoms with E-state index in [0.29, 0.717) is 31.9 Å². The minimum Gasteiger partial charge on any atom is -0.378 e. The molecular weight excluding hydrogens is 364 g/mol. The quantitative estimate of drug-likeness (QED) is 0.542. The molecule has 29 heavy (non-hydrogen) atoms. The summed E-state index contributed by atoms with van der Waals surface area (Å²) in [5, 5.41) is 5.34. The number of ether oxygens (including phenoxy) is 1. The number of carbonyl (C=O) groups excluding carboxylic acids is 1. The van der Waals surface area contributed by atoms with Crippen molar-refractivity contribution in [1.29, 1.82) is 0 Å². The second-order valence-electron chi connectivity index (χ2n) is 6.99. The van der Waals surface area contributed by atoms with Crippen molar-refractivity contribution in [2.24, 2.45) is 0 Å². The Morgan fingerprint density at radius 1 is 0.966 bits per heavy atom. The van der Waals surface area contributed by atoms with Gasteiger partial charge in [0.15, 0.2) is 0 Å². The molecule has 6 nitrogen and oxygen atoms in total. The number of aromatic nitrogens is 3. The van der Waals surface area contributed by atoms with E-state index in [4.69, 9.17) is 9.72 Å². The van der Waals surface area contributed by atoms with Gasteiger partial charge in [0.25, 0.3) is 5.91 Å². The van der Waals surface area contributed by atoms with Gasteiger partial charge >= 0.3 is 0 Å². The molecule has 1 aliphatic heterocycles. The molecule has 0 saturated carbocycles. The summed E-state index contributed by atoms with van der Waals surface area (Å²) in [6.07, 6.45) is 3.72. The zero-order valence-corrected chi connectivity index (χ0v) is 15.9. The maximum atomic E-state index is 13.2. The van der Waals surface area contributed by atoms with Crippen LogP contribution in [0.25, 0.3) is 27.8 Å². The van der Waals surface area contributed by atoms with Gasteiger partial charge in [-0.1, -0.05) is 36.4 Å². The highest BCUT2D eigenvalue weighted by Gasteiger charge is 2.22. The number of hydrogen-bond acceptors (Lipinski definition) is 4. The second kappa shape index (κ2) is 7.48. The van der Waals surface area contributed by atoms with Gasteiger partial charge in [0, 0.05) is 30.2 Å². The largest absolute Gasteiger partial charge is 0.378 e. The minimum atomic E-state index is 0.0172. The number of rotatable bonds is 3. The van der Waals surface area contributed by atoms with Crippen molar-refractivity contribution in [2.45, 2.75) is 0 Å². The molecular formula is C23H20N4O2. The maximum Gasteiger partial charge on any atom is 0.254 e. The molecule has 5 rings (SSSR count). The predicted molar refractivity (Wildman–Crippen MR) is 111 cm³/mol. The van der Waals surface area contributed by atoms with E-state index in [9.17, 15) is 4.79 Å². The molecule has 2 aromatic carbocycles. The van der Waals surface area contributed by atoms with E-state index in [-0.39, 0.29) is 5.91 Å². The molecule has 0 bridgehead atoms. The summed E-state index contributed by atoms with van der Waals surface area (Å²) in [5.74, 6) is 0.0172. The number of hydrogen-bond donors (Lipinski definition) is 0. The molecule has 1 saturated heterocycles.